The third kappa shape index (κ3) is 4.62. The van der Waals surface area contributed by atoms with E-state index in [9.17, 15) is 18.0 Å². The van der Waals surface area contributed by atoms with Crippen molar-refractivity contribution < 1.29 is 18.0 Å². The first-order valence-corrected chi connectivity index (χ1v) is 11.5. The quantitative estimate of drug-likeness (QED) is 0.520. The molecule has 0 atom stereocenters. The maximum absolute atomic E-state index is 12.4. The number of amides is 2. The molecule has 0 saturated carbocycles. The highest BCUT2D eigenvalue weighted by molar-refractivity contribution is 7.89. The molecule has 0 aliphatic carbocycles. The minimum Gasteiger partial charge on any atom is -0.360 e. The van der Waals surface area contributed by atoms with E-state index in [-0.39, 0.29) is 35.7 Å². The number of carbonyl (C=O) groups is 2. The molecule has 1 aliphatic heterocycles. The van der Waals surface area contributed by atoms with Crippen molar-refractivity contribution in [1.82, 2.24) is 19.9 Å². The zero-order valence-electron chi connectivity index (χ0n) is 17.1. The zero-order valence-corrected chi connectivity index (χ0v) is 17.9. The number of carbonyl (C=O) groups excluding carboxylic acids is 2. The Labute approximate surface area is 180 Å². The van der Waals surface area contributed by atoms with E-state index in [1.54, 1.807) is 35.4 Å². The molecule has 31 heavy (non-hydrogen) atoms. The molecule has 0 bridgehead atoms. The van der Waals surface area contributed by atoms with Gasteiger partial charge in [-0.3, -0.25) is 9.59 Å². The predicted octanol–water partition coefficient (Wildman–Crippen LogP) is 1.79. The molecular weight excluding hydrogens is 416 g/mol. The number of sulfonamides is 1. The fourth-order valence-corrected chi connectivity index (χ4v) is 4.78. The van der Waals surface area contributed by atoms with E-state index in [1.807, 2.05) is 31.2 Å². The number of hydrogen-bond acceptors (Lipinski definition) is 4. The molecule has 1 aromatic heterocycles. The highest BCUT2D eigenvalue weighted by Crippen LogP contribution is 2.18. The lowest BCUT2D eigenvalue weighted by atomic mass is 10.1. The van der Waals surface area contributed by atoms with Crippen LogP contribution in [0.2, 0.25) is 0 Å². The van der Waals surface area contributed by atoms with Crippen LogP contribution in [0.1, 0.15) is 22.3 Å². The van der Waals surface area contributed by atoms with Crippen LogP contribution in [0.15, 0.2) is 59.6 Å². The lowest BCUT2D eigenvalue weighted by molar-refractivity contribution is -0.135. The molecule has 3 N–H and O–H groups in total. The van der Waals surface area contributed by atoms with Gasteiger partial charge >= 0.3 is 0 Å². The van der Waals surface area contributed by atoms with Crippen molar-refractivity contribution in [1.29, 1.82) is 0 Å². The predicted molar refractivity (Wildman–Crippen MR) is 117 cm³/mol. The number of benzene rings is 2. The molecule has 3 aromatic rings. The van der Waals surface area contributed by atoms with Crippen LogP contribution in [0.4, 0.5) is 0 Å². The van der Waals surface area contributed by atoms with Gasteiger partial charge in [-0.25, -0.2) is 13.1 Å². The van der Waals surface area contributed by atoms with Crippen molar-refractivity contribution in [3.63, 3.8) is 0 Å². The van der Waals surface area contributed by atoms with Gasteiger partial charge in [0.25, 0.3) is 5.91 Å². The molecule has 8 nitrogen and oxygen atoms in total. The van der Waals surface area contributed by atoms with Gasteiger partial charge in [0, 0.05) is 43.2 Å². The van der Waals surface area contributed by atoms with Crippen LogP contribution in [-0.4, -0.2) is 55.8 Å². The maximum atomic E-state index is 12.4. The highest BCUT2D eigenvalue weighted by atomic mass is 32.2. The molecule has 2 aromatic carbocycles. The molecule has 1 saturated heterocycles. The van der Waals surface area contributed by atoms with Crippen LogP contribution in [0.5, 0.6) is 0 Å². The van der Waals surface area contributed by atoms with Gasteiger partial charge in [0.1, 0.15) is 0 Å². The van der Waals surface area contributed by atoms with Crippen molar-refractivity contribution in [2.45, 2.75) is 24.3 Å². The van der Waals surface area contributed by atoms with E-state index < -0.39 is 10.0 Å². The molecule has 9 heteroatoms. The summed E-state index contributed by atoms with van der Waals surface area (Å²) in [6.07, 6.45) is 1.81. The smallest absolute Gasteiger partial charge is 0.253 e. The van der Waals surface area contributed by atoms with Crippen LogP contribution < -0.4 is 10.0 Å². The number of rotatable bonds is 7. The molecule has 162 valence electrons. The first-order chi connectivity index (χ1) is 14.8. The van der Waals surface area contributed by atoms with Gasteiger partial charge in [0.2, 0.25) is 15.9 Å². The van der Waals surface area contributed by atoms with Crippen molar-refractivity contribution in [2.75, 3.05) is 19.6 Å². The Hall–Kier alpha value is -3.17. The van der Waals surface area contributed by atoms with Crippen LogP contribution >= 0.6 is 0 Å². The van der Waals surface area contributed by atoms with Gasteiger partial charge in [-0.15, -0.1) is 0 Å². The van der Waals surface area contributed by atoms with Crippen molar-refractivity contribution in [2.24, 2.45) is 0 Å². The Balaban J connectivity index is 1.22. The summed E-state index contributed by atoms with van der Waals surface area (Å²) in [6.45, 7) is 2.75. The maximum Gasteiger partial charge on any atom is 0.253 e. The first kappa shape index (κ1) is 21.1. The summed E-state index contributed by atoms with van der Waals surface area (Å²) in [5, 5.41) is 3.60. The SMILES string of the molecule is Cc1ccc(S(=O)(=O)NC2CN(C(=O)CCNC(=O)c3c[nH]c4ccccc34)C2)cc1. The van der Waals surface area contributed by atoms with Crippen LogP contribution in [0.3, 0.4) is 0 Å². The fraction of sp³-hybridized carbons (Fsp3) is 0.273. The van der Waals surface area contributed by atoms with Gasteiger partial charge in [0.15, 0.2) is 0 Å². The number of hydrogen-bond donors (Lipinski definition) is 3. The Morgan fingerprint density at radius 1 is 1.10 bits per heavy atom. The summed E-state index contributed by atoms with van der Waals surface area (Å²) < 4.78 is 27.5. The van der Waals surface area contributed by atoms with Gasteiger partial charge in [-0.2, -0.15) is 0 Å². The number of aryl methyl sites for hydroxylation is 1. The summed E-state index contributed by atoms with van der Waals surface area (Å²) in [7, 11) is -3.61. The van der Waals surface area contributed by atoms with Crippen molar-refractivity contribution in [3.8, 4) is 0 Å². The van der Waals surface area contributed by atoms with Crippen LogP contribution in [0.25, 0.3) is 10.9 Å². The minimum atomic E-state index is -3.61. The van der Waals surface area contributed by atoms with Gasteiger partial charge in [-0.05, 0) is 25.1 Å². The summed E-state index contributed by atoms with van der Waals surface area (Å²) in [5.41, 5.74) is 2.40. The van der Waals surface area contributed by atoms with Crippen molar-refractivity contribution in [3.05, 3.63) is 65.9 Å². The Morgan fingerprint density at radius 3 is 2.55 bits per heavy atom. The van der Waals surface area contributed by atoms with E-state index >= 15 is 0 Å². The number of aromatic amines is 1. The second kappa shape index (κ2) is 8.52. The normalized spacial score (nSPS) is 14.4. The number of nitrogens with zero attached hydrogens (tertiary/aromatic N) is 1. The Morgan fingerprint density at radius 2 is 1.81 bits per heavy atom. The molecule has 0 unspecified atom stereocenters. The standard InChI is InChI=1S/C22H24N4O4S/c1-15-6-8-17(9-7-15)31(29,30)25-16-13-26(14-16)21(27)10-11-23-22(28)19-12-24-20-5-3-2-4-18(19)20/h2-9,12,16,24-25H,10-11,13-14H2,1H3,(H,23,28). The third-order valence-corrected chi connectivity index (χ3v) is 6.88. The number of likely N-dealkylation sites (tertiary alicyclic amines) is 1. The van der Waals surface area contributed by atoms with Crippen LogP contribution in [-0.2, 0) is 14.8 Å². The van der Waals surface area contributed by atoms with Gasteiger partial charge < -0.3 is 15.2 Å². The monoisotopic (exact) mass is 440 g/mol. The van der Waals surface area contributed by atoms with E-state index in [2.05, 4.69) is 15.0 Å². The molecule has 1 aliphatic rings. The minimum absolute atomic E-state index is 0.120. The summed E-state index contributed by atoms with van der Waals surface area (Å²) in [4.78, 5) is 29.5. The fourth-order valence-electron chi connectivity index (χ4n) is 3.56. The van der Waals surface area contributed by atoms with Crippen molar-refractivity contribution >= 4 is 32.7 Å². The molecule has 0 spiro atoms. The van der Waals surface area contributed by atoms with E-state index in [4.69, 9.17) is 0 Å². The number of H-pyrrole nitrogens is 1. The molecule has 1 fully saturated rings. The van der Waals surface area contributed by atoms with E-state index in [1.165, 1.54) is 0 Å². The summed E-state index contributed by atoms with van der Waals surface area (Å²) in [6, 6.07) is 13.8. The third-order valence-electron chi connectivity index (χ3n) is 5.35. The zero-order chi connectivity index (χ0) is 22.0. The number of para-hydroxylation sites is 1. The molecule has 2 amide bonds. The molecular formula is C22H24N4O4S. The second-order valence-corrected chi connectivity index (χ2v) is 9.40. The second-order valence-electron chi connectivity index (χ2n) is 7.68. The molecule has 4 rings (SSSR count). The number of fused-ring (bicyclic) bond motifs is 1. The highest BCUT2D eigenvalue weighted by Gasteiger charge is 2.33. The topological polar surface area (TPSA) is 111 Å². The largest absolute Gasteiger partial charge is 0.360 e. The first-order valence-electron chi connectivity index (χ1n) is 10.0. The average Bonchev–Trinajstić information content (AvgIpc) is 3.15. The van der Waals surface area contributed by atoms with Gasteiger partial charge in [-0.1, -0.05) is 35.9 Å². The molecule has 2 heterocycles. The number of nitrogens with one attached hydrogen (secondary N) is 3. The molecule has 0 radical (unpaired) electrons. The van der Waals surface area contributed by atoms with Crippen LogP contribution in [0, 0.1) is 6.92 Å². The lowest BCUT2D eigenvalue weighted by Gasteiger charge is -2.39. The lowest BCUT2D eigenvalue weighted by Crippen LogP contribution is -2.61. The summed E-state index contributed by atoms with van der Waals surface area (Å²) >= 11 is 0. The van der Waals surface area contributed by atoms with E-state index in [0.717, 1.165) is 16.5 Å². The average molecular weight is 441 g/mol. The number of aromatic nitrogens is 1. The Bertz CT molecular complexity index is 1210. The van der Waals surface area contributed by atoms with E-state index in [0.29, 0.717) is 18.7 Å². The summed E-state index contributed by atoms with van der Waals surface area (Å²) in [5.74, 6) is -0.359. The Kier molecular flexibility index (Phi) is 5.79. The van der Waals surface area contributed by atoms with Gasteiger partial charge in [0.05, 0.1) is 16.5 Å².